The number of aliphatic carboxylic acids is 1. The third kappa shape index (κ3) is 4.16. The third-order valence-electron chi connectivity index (χ3n) is 3.93. The normalized spacial score (nSPS) is 10.5. The highest BCUT2D eigenvalue weighted by Crippen LogP contribution is 2.28. The standard InChI is InChI=1S/C20H22O4/c1-12(2)17-9-15(5-6-19(17)21)10-18-13(3)7-16(8-14(18)4)24-11-20(22)23/h5-9,21H,1,10-11H2,2-4H3,(H,22,23). The first-order chi connectivity index (χ1) is 11.3. The summed E-state index contributed by atoms with van der Waals surface area (Å²) in [4.78, 5) is 10.6. The highest BCUT2D eigenvalue weighted by atomic mass is 16.5. The van der Waals surface area contributed by atoms with Crippen molar-refractivity contribution < 1.29 is 19.7 Å². The Hall–Kier alpha value is -2.75. The van der Waals surface area contributed by atoms with Crippen LogP contribution in [0.5, 0.6) is 11.5 Å². The van der Waals surface area contributed by atoms with E-state index in [1.54, 1.807) is 6.07 Å². The zero-order chi connectivity index (χ0) is 17.9. The van der Waals surface area contributed by atoms with Gasteiger partial charge in [0.1, 0.15) is 11.5 Å². The molecular weight excluding hydrogens is 304 g/mol. The van der Waals surface area contributed by atoms with Gasteiger partial charge in [-0.3, -0.25) is 0 Å². The van der Waals surface area contributed by atoms with Crippen LogP contribution in [0.25, 0.3) is 5.57 Å². The average Bonchev–Trinajstić information content (AvgIpc) is 2.50. The number of phenolic OH excluding ortho intramolecular Hbond substituents is 1. The van der Waals surface area contributed by atoms with E-state index in [9.17, 15) is 9.90 Å². The molecule has 0 aliphatic heterocycles. The Morgan fingerprint density at radius 3 is 2.33 bits per heavy atom. The van der Waals surface area contributed by atoms with Crippen molar-refractivity contribution in [3.05, 3.63) is 64.7 Å². The van der Waals surface area contributed by atoms with Crippen LogP contribution in [0.3, 0.4) is 0 Å². The highest BCUT2D eigenvalue weighted by molar-refractivity contribution is 5.68. The van der Waals surface area contributed by atoms with Gasteiger partial charge in [-0.05, 0) is 79.3 Å². The summed E-state index contributed by atoms with van der Waals surface area (Å²) in [6.07, 6.45) is 0.720. The highest BCUT2D eigenvalue weighted by Gasteiger charge is 2.10. The number of carboxylic acids is 1. The van der Waals surface area contributed by atoms with Crippen LogP contribution in [-0.2, 0) is 11.2 Å². The maximum absolute atomic E-state index is 10.6. The van der Waals surface area contributed by atoms with Crippen LogP contribution < -0.4 is 4.74 Å². The van der Waals surface area contributed by atoms with Gasteiger partial charge in [0, 0.05) is 5.56 Å². The molecule has 2 aromatic rings. The van der Waals surface area contributed by atoms with Crippen LogP contribution >= 0.6 is 0 Å². The number of aryl methyl sites for hydroxylation is 2. The van der Waals surface area contributed by atoms with Crippen molar-refractivity contribution in [2.24, 2.45) is 0 Å². The fourth-order valence-corrected chi connectivity index (χ4v) is 2.70. The summed E-state index contributed by atoms with van der Waals surface area (Å²) in [5, 5.41) is 18.6. The summed E-state index contributed by atoms with van der Waals surface area (Å²) in [5.74, 6) is -0.201. The molecule has 4 heteroatoms. The van der Waals surface area contributed by atoms with Gasteiger partial charge in [-0.25, -0.2) is 4.79 Å². The molecule has 0 radical (unpaired) electrons. The molecule has 0 aromatic heterocycles. The molecule has 0 saturated heterocycles. The molecule has 0 aliphatic carbocycles. The molecule has 24 heavy (non-hydrogen) atoms. The van der Waals surface area contributed by atoms with Crippen LogP contribution in [0, 0.1) is 13.8 Å². The lowest BCUT2D eigenvalue weighted by Gasteiger charge is -2.14. The van der Waals surface area contributed by atoms with Crippen LogP contribution in [0.1, 0.15) is 34.7 Å². The number of hydrogen-bond acceptors (Lipinski definition) is 3. The molecule has 0 unspecified atom stereocenters. The zero-order valence-electron chi connectivity index (χ0n) is 14.2. The summed E-state index contributed by atoms with van der Waals surface area (Å²) < 4.78 is 5.26. The minimum Gasteiger partial charge on any atom is -0.507 e. The molecule has 0 fully saturated rings. The largest absolute Gasteiger partial charge is 0.507 e. The molecule has 0 aliphatic rings. The van der Waals surface area contributed by atoms with E-state index in [-0.39, 0.29) is 12.4 Å². The van der Waals surface area contributed by atoms with Crippen LogP contribution in [0.15, 0.2) is 36.9 Å². The van der Waals surface area contributed by atoms with E-state index in [0.29, 0.717) is 5.75 Å². The molecule has 2 aromatic carbocycles. The number of benzene rings is 2. The molecule has 0 atom stereocenters. The maximum Gasteiger partial charge on any atom is 0.341 e. The van der Waals surface area contributed by atoms with Gasteiger partial charge in [-0.2, -0.15) is 0 Å². The number of carbonyl (C=O) groups is 1. The van der Waals surface area contributed by atoms with E-state index in [2.05, 4.69) is 6.58 Å². The average molecular weight is 326 g/mol. The van der Waals surface area contributed by atoms with Gasteiger partial charge in [0.15, 0.2) is 6.61 Å². The van der Waals surface area contributed by atoms with Crippen molar-refractivity contribution in [3.8, 4) is 11.5 Å². The van der Waals surface area contributed by atoms with Gasteiger partial charge in [-0.15, -0.1) is 0 Å². The Morgan fingerprint density at radius 2 is 1.79 bits per heavy atom. The SMILES string of the molecule is C=C(C)c1cc(Cc2c(C)cc(OCC(=O)O)cc2C)ccc1O. The Bertz CT molecular complexity index is 767. The fraction of sp³-hybridized carbons (Fsp3) is 0.250. The van der Waals surface area contributed by atoms with E-state index in [4.69, 9.17) is 9.84 Å². The number of allylic oxidation sites excluding steroid dienone is 1. The van der Waals surface area contributed by atoms with Gasteiger partial charge >= 0.3 is 5.97 Å². The number of phenols is 1. The Balaban J connectivity index is 2.28. The number of aromatic hydroxyl groups is 1. The van der Waals surface area contributed by atoms with Crippen LogP contribution in [0.2, 0.25) is 0 Å². The lowest BCUT2D eigenvalue weighted by atomic mass is 9.94. The first kappa shape index (κ1) is 17.6. The van der Waals surface area contributed by atoms with E-state index in [1.165, 1.54) is 0 Å². The number of hydrogen-bond donors (Lipinski definition) is 2. The molecule has 2 rings (SSSR count). The van der Waals surface area contributed by atoms with Crippen LogP contribution in [0.4, 0.5) is 0 Å². The molecule has 0 bridgehead atoms. The van der Waals surface area contributed by atoms with Gasteiger partial charge in [0.25, 0.3) is 0 Å². The topological polar surface area (TPSA) is 66.8 Å². The molecule has 0 spiro atoms. The fourth-order valence-electron chi connectivity index (χ4n) is 2.70. The van der Waals surface area contributed by atoms with Gasteiger partial charge in [0.05, 0.1) is 0 Å². The molecule has 0 saturated carbocycles. The van der Waals surface area contributed by atoms with Crippen LogP contribution in [-0.4, -0.2) is 22.8 Å². The summed E-state index contributed by atoms with van der Waals surface area (Å²) in [6.45, 7) is 9.37. The number of rotatable bonds is 6. The second-order valence-electron chi connectivity index (χ2n) is 6.03. The van der Waals surface area contributed by atoms with E-state index in [1.807, 2.05) is 45.0 Å². The number of carboxylic acid groups (broad SMARTS) is 1. The maximum atomic E-state index is 10.6. The zero-order valence-corrected chi connectivity index (χ0v) is 14.2. The third-order valence-corrected chi connectivity index (χ3v) is 3.93. The van der Waals surface area contributed by atoms with Crippen molar-refractivity contribution in [3.63, 3.8) is 0 Å². The molecule has 2 N–H and O–H groups in total. The monoisotopic (exact) mass is 326 g/mol. The summed E-state index contributed by atoms with van der Waals surface area (Å²) in [5.41, 5.74) is 5.90. The number of ether oxygens (including phenoxy) is 1. The first-order valence-electron chi connectivity index (χ1n) is 7.70. The van der Waals surface area contributed by atoms with Crippen molar-refractivity contribution in [1.29, 1.82) is 0 Å². The smallest absolute Gasteiger partial charge is 0.341 e. The predicted octanol–water partition coefficient (Wildman–Crippen LogP) is 4.10. The summed E-state index contributed by atoms with van der Waals surface area (Å²) in [7, 11) is 0. The van der Waals surface area contributed by atoms with E-state index in [0.717, 1.165) is 39.8 Å². The summed E-state index contributed by atoms with van der Waals surface area (Å²) in [6, 6.07) is 9.24. The molecule has 4 nitrogen and oxygen atoms in total. The van der Waals surface area contributed by atoms with Crippen molar-refractivity contribution in [2.75, 3.05) is 6.61 Å². The minimum atomic E-state index is -0.995. The lowest BCUT2D eigenvalue weighted by Crippen LogP contribution is -2.10. The Labute approximate surface area is 142 Å². The van der Waals surface area contributed by atoms with E-state index < -0.39 is 5.97 Å². The molecule has 126 valence electrons. The van der Waals surface area contributed by atoms with Crippen molar-refractivity contribution in [2.45, 2.75) is 27.2 Å². The van der Waals surface area contributed by atoms with Gasteiger partial charge in [-0.1, -0.05) is 12.6 Å². The first-order valence-corrected chi connectivity index (χ1v) is 7.70. The second kappa shape index (κ2) is 7.21. The van der Waals surface area contributed by atoms with Crippen molar-refractivity contribution in [1.82, 2.24) is 0 Å². The van der Waals surface area contributed by atoms with Gasteiger partial charge in [0.2, 0.25) is 0 Å². The molecular formula is C20H22O4. The van der Waals surface area contributed by atoms with Crippen molar-refractivity contribution >= 4 is 11.5 Å². The molecule has 0 heterocycles. The Morgan fingerprint density at radius 1 is 1.17 bits per heavy atom. The van der Waals surface area contributed by atoms with Gasteiger partial charge < -0.3 is 14.9 Å². The molecule has 0 amide bonds. The lowest BCUT2D eigenvalue weighted by molar-refractivity contribution is -0.139. The van der Waals surface area contributed by atoms with E-state index >= 15 is 0 Å². The minimum absolute atomic E-state index is 0.233. The predicted molar refractivity (Wildman–Crippen MR) is 94.7 cm³/mol. The second-order valence-corrected chi connectivity index (χ2v) is 6.03. The quantitative estimate of drug-likeness (QED) is 0.839. The summed E-state index contributed by atoms with van der Waals surface area (Å²) >= 11 is 0. The Kier molecular flexibility index (Phi) is 5.29.